The van der Waals surface area contributed by atoms with Crippen molar-refractivity contribution in [3.63, 3.8) is 0 Å². The molecule has 1 saturated carbocycles. The average Bonchev–Trinajstić information content (AvgIpc) is 2.86. The maximum Gasteiger partial charge on any atom is 0.306 e. The minimum Gasteiger partial charge on any atom is -0.481 e. The topological polar surface area (TPSA) is 78.4 Å². The van der Waals surface area contributed by atoms with E-state index in [4.69, 9.17) is 5.11 Å². The maximum absolute atomic E-state index is 12.0. The Kier molecular flexibility index (Phi) is 3.66. The van der Waals surface area contributed by atoms with Crippen LogP contribution in [0.3, 0.4) is 0 Å². The number of hydrogen-bond acceptors (Lipinski definition) is 3. The first kappa shape index (κ1) is 12.4. The Morgan fingerprint density at radius 3 is 2.59 bits per heavy atom. The third-order valence-electron chi connectivity index (χ3n) is 3.98. The van der Waals surface area contributed by atoms with Gasteiger partial charge < -0.3 is 15.7 Å². The van der Waals surface area contributed by atoms with Gasteiger partial charge in [-0.1, -0.05) is 6.92 Å². The first-order chi connectivity index (χ1) is 8.08. The van der Waals surface area contributed by atoms with Gasteiger partial charge in [0.15, 0.2) is 0 Å². The number of hydrogen-bond donors (Lipinski definition) is 3. The molecule has 96 valence electrons. The van der Waals surface area contributed by atoms with Crippen LogP contribution in [0.4, 0.5) is 0 Å². The number of carbonyl (C=O) groups is 2. The van der Waals surface area contributed by atoms with Crippen LogP contribution in [0.2, 0.25) is 0 Å². The summed E-state index contributed by atoms with van der Waals surface area (Å²) in [6, 6.07) is 0.0522. The van der Waals surface area contributed by atoms with Gasteiger partial charge in [-0.2, -0.15) is 0 Å². The van der Waals surface area contributed by atoms with Crippen LogP contribution in [-0.2, 0) is 9.59 Å². The molecule has 2 rings (SSSR count). The van der Waals surface area contributed by atoms with Crippen LogP contribution in [0.1, 0.15) is 26.2 Å². The molecule has 1 aliphatic carbocycles. The predicted octanol–water partition coefficient (Wildman–Crippen LogP) is 0.211. The van der Waals surface area contributed by atoms with Crippen molar-refractivity contribution in [1.29, 1.82) is 0 Å². The lowest BCUT2D eigenvalue weighted by Gasteiger charge is -2.18. The number of nitrogens with one attached hydrogen (secondary N) is 2. The van der Waals surface area contributed by atoms with Crippen LogP contribution < -0.4 is 10.6 Å². The normalized spacial score (nSPS) is 37.0. The van der Waals surface area contributed by atoms with E-state index in [1.54, 1.807) is 0 Å². The van der Waals surface area contributed by atoms with Crippen molar-refractivity contribution < 1.29 is 14.7 Å². The molecule has 0 aromatic carbocycles. The average molecular weight is 240 g/mol. The van der Waals surface area contributed by atoms with Crippen LogP contribution in [0.25, 0.3) is 0 Å². The maximum atomic E-state index is 12.0. The Balaban J connectivity index is 1.82. The van der Waals surface area contributed by atoms with Crippen LogP contribution in [0.15, 0.2) is 0 Å². The fourth-order valence-electron chi connectivity index (χ4n) is 2.81. The predicted molar refractivity (Wildman–Crippen MR) is 62.4 cm³/mol. The quantitative estimate of drug-likeness (QED) is 0.659. The van der Waals surface area contributed by atoms with Crippen molar-refractivity contribution in [2.75, 3.05) is 13.1 Å². The molecule has 0 spiro atoms. The molecule has 4 atom stereocenters. The summed E-state index contributed by atoms with van der Waals surface area (Å²) in [5.41, 5.74) is 0. The zero-order valence-corrected chi connectivity index (χ0v) is 10.1. The van der Waals surface area contributed by atoms with Crippen LogP contribution >= 0.6 is 0 Å². The van der Waals surface area contributed by atoms with E-state index in [1.807, 2.05) is 0 Å². The fourth-order valence-corrected chi connectivity index (χ4v) is 2.81. The van der Waals surface area contributed by atoms with E-state index in [1.165, 1.54) is 0 Å². The molecule has 1 amide bonds. The molecule has 1 aliphatic heterocycles. The summed E-state index contributed by atoms with van der Waals surface area (Å²) in [6.07, 6.45) is 2.05. The van der Waals surface area contributed by atoms with Crippen molar-refractivity contribution in [1.82, 2.24) is 10.6 Å². The number of carbonyl (C=O) groups excluding carboxylic acids is 1. The van der Waals surface area contributed by atoms with Crippen molar-refractivity contribution in [2.45, 2.75) is 32.2 Å². The van der Waals surface area contributed by atoms with Gasteiger partial charge in [0.25, 0.3) is 0 Å². The molecule has 1 heterocycles. The van der Waals surface area contributed by atoms with Gasteiger partial charge in [-0.25, -0.2) is 0 Å². The molecule has 0 radical (unpaired) electrons. The van der Waals surface area contributed by atoms with Gasteiger partial charge in [-0.15, -0.1) is 0 Å². The van der Waals surface area contributed by atoms with Crippen molar-refractivity contribution in [2.24, 2.45) is 17.8 Å². The zero-order chi connectivity index (χ0) is 12.4. The van der Waals surface area contributed by atoms with E-state index in [9.17, 15) is 9.59 Å². The molecule has 0 aromatic rings. The molecule has 3 N–H and O–H groups in total. The number of aliphatic carboxylic acids is 1. The molecule has 1 saturated heterocycles. The lowest BCUT2D eigenvalue weighted by molar-refractivity contribution is -0.141. The smallest absolute Gasteiger partial charge is 0.306 e. The van der Waals surface area contributed by atoms with E-state index in [2.05, 4.69) is 17.6 Å². The molecular weight excluding hydrogens is 220 g/mol. The SMILES string of the molecule is CC1CNCC1C(=O)N[C@H]1CC[C@@H](C(=O)O)C1. The van der Waals surface area contributed by atoms with E-state index < -0.39 is 5.97 Å². The summed E-state index contributed by atoms with van der Waals surface area (Å²) >= 11 is 0. The largest absolute Gasteiger partial charge is 0.481 e. The van der Waals surface area contributed by atoms with E-state index in [0.29, 0.717) is 18.8 Å². The second kappa shape index (κ2) is 5.04. The summed E-state index contributed by atoms with van der Waals surface area (Å²) < 4.78 is 0. The van der Waals surface area contributed by atoms with Gasteiger partial charge in [-0.05, 0) is 31.7 Å². The molecule has 5 heteroatoms. The lowest BCUT2D eigenvalue weighted by Crippen LogP contribution is -2.40. The van der Waals surface area contributed by atoms with Crippen LogP contribution in [-0.4, -0.2) is 36.1 Å². The Bertz CT molecular complexity index is 319. The highest BCUT2D eigenvalue weighted by Gasteiger charge is 2.34. The summed E-state index contributed by atoms with van der Waals surface area (Å²) in [5, 5.41) is 15.1. The Hall–Kier alpha value is -1.10. The van der Waals surface area contributed by atoms with E-state index in [-0.39, 0.29) is 23.8 Å². The van der Waals surface area contributed by atoms with Crippen molar-refractivity contribution in [3.8, 4) is 0 Å². The molecule has 2 fully saturated rings. The third kappa shape index (κ3) is 2.77. The number of rotatable bonds is 3. The minimum atomic E-state index is -0.738. The standard InChI is InChI=1S/C12H20N2O3/c1-7-5-13-6-10(7)11(15)14-9-3-2-8(4-9)12(16)17/h7-10,13H,2-6H2,1H3,(H,14,15)(H,16,17)/t7?,8-,9+,10?/m1/s1. The summed E-state index contributed by atoms with van der Waals surface area (Å²) in [4.78, 5) is 22.8. The molecule has 2 unspecified atom stereocenters. The Morgan fingerprint density at radius 1 is 1.29 bits per heavy atom. The minimum absolute atomic E-state index is 0.0406. The van der Waals surface area contributed by atoms with Gasteiger partial charge >= 0.3 is 5.97 Å². The Morgan fingerprint density at radius 2 is 2.06 bits per heavy atom. The molecule has 0 bridgehead atoms. The lowest BCUT2D eigenvalue weighted by atomic mass is 9.97. The number of carboxylic acid groups (broad SMARTS) is 1. The van der Waals surface area contributed by atoms with Gasteiger partial charge in [0.2, 0.25) is 5.91 Å². The second-order valence-electron chi connectivity index (χ2n) is 5.30. The van der Waals surface area contributed by atoms with Crippen LogP contribution in [0.5, 0.6) is 0 Å². The van der Waals surface area contributed by atoms with E-state index >= 15 is 0 Å². The third-order valence-corrected chi connectivity index (χ3v) is 3.98. The van der Waals surface area contributed by atoms with E-state index in [0.717, 1.165) is 19.5 Å². The molecule has 5 nitrogen and oxygen atoms in total. The monoisotopic (exact) mass is 240 g/mol. The first-order valence-corrected chi connectivity index (χ1v) is 6.32. The molecule has 2 aliphatic rings. The first-order valence-electron chi connectivity index (χ1n) is 6.32. The Labute approximate surface area is 101 Å². The van der Waals surface area contributed by atoms with Crippen molar-refractivity contribution in [3.05, 3.63) is 0 Å². The van der Waals surface area contributed by atoms with Crippen LogP contribution in [0, 0.1) is 17.8 Å². The van der Waals surface area contributed by atoms with Gasteiger partial charge in [-0.3, -0.25) is 9.59 Å². The van der Waals surface area contributed by atoms with Gasteiger partial charge in [0.05, 0.1) is 11.8 Å². The highest BCUT2D eigenvalue weighted by atomic mass is 16.4. The zero-order valence-electron chi connectivity index (χ0n) is 10.1. The van der Waals surface area contributed by atoms with Gasteiger partial charge in [0, 0.05) is 12.6 Å². The highest BCUT2D eigenvalue weighted by molar-refractivity contribution is 5.80. The van der Waals surface area contributed by atoms with Crippen molar-refractivity contribution >= 4 is 11.9 Å². The fraction of sp³-hybridized carbons (Fsp3) is 0.833. The molecular formula is C12H20N2O3. The number of amides is 1. The highest BCUT2D eigenvalue weighted by Crippen LogP contribution is 2.26. The molecule has 0 aromatic heterocycles. The summed E-state index contributed by atoms with van der Waals surface area (Å²) in [6.45, 7) is 3.70. The second-order valence-corrected chi connectivity index (χ2v) is 5.30. The summed E-state index contributed by atoms with van der Waals surface area (Å²) in [7, 11) is 0. The molecule has 17 heavy (non-hydrogen) atoms. The number of carboxylic acids is 1. The summed E-state index contributed by atoms with van der Waals surface area (Å²) in [5.74, 6) is -0.527. The van der Waals surface area contributed by atoms with Gasteiger partial charge in [0.1, 0.15) is 0 Å².